The highest BCUT2D eigenvalue weighted by Gasteiger charge is 2.01. The summed E-state index contributed by atoms with van der Waals surface area (Å²) in [5.74, 6) is 0. The lowest BCUT2D eigenvalue weighted by atomic mass is 10.3. The fourth-order valence-electron chi connectivity index (χ4n) is 0.390. The van der Waals surface area contributed by atoms with Crippen LogP contribution < -0.4 is 10.6 Å². The monoisotopic (exact) mass is 141 g/mol. The number of nitrogens with zero attached hydrogens (tertiary/aromatic N) is 1. The summed E-state index contributed by atoms with van der Waals surface area (Å²) in [5.41, 5.74) is 0. The maximum atomic E-state index is 9.76. The van der Waals surface area contributed by atoms with E-state index in [0.29, 0.717) is 12.8 Å². The van der Waals surface area contributed by atoms with Crippen molar-refractivity contribution >= 4 is 12.8 Å². The quantitative estimate of drug-likeness (QED) is 0.451. The minimum atomic E-state index is -0.636. The Morgan fingerprint density at radius 3 is 2.60 bits per heavy atom. The second-order valence-corrected chi connectivity index (χ2v) is 1.49. The molecule has 0 aromatic carbocycles. The molecule has 0 aromatic rings. The number of hydrogen-bond acceptors (Lipinski definition) is 3. The van der Waals surface area contributed by atoms with Gasteiger partial charge in [0.1, 0.15) is 6.04 Å². The van der Waals surface area contributed by atoms with Crippen LogP contribution in [0, 0.1) is 11.3 Å². The Kier molecular flexibility index (Phi) is 4.69. The highest BCUT2D eigenvalue weighted by molar-refractivity contribution is 5.49. The van der Waals surface area contributed by atoms with E-state index >= 15 is 0 Å². The molecular weight excluding hydrogens is 134 g/mol. The van der Waals surface area contributed by atoms with Crippen LogP contribution in [0.3, 0.4) is 0 Å². The third kappa shape index (κ3) is 3.43. The maximum absolute atomic E-state index is 9.76. The third-order valence-corrected chi connectivity index (χ3v) is 0.830. The van der Waals surface area contributed by atoms with Gasteiger partial charge in [-0.3, -0.25) is 9.59 Å². The van der Waals surface area contributed by atoms with Gasteiger partial charge in [0.2, 0.25) is 12.8 Å². The zero-order valence-electron chi connectivity index (χ0n) is 5.20. The van der Waals surface area contributed by atoms with Crippen molar-refractivity contribution in [2.75, 3.05) is 6.54 Å². The first-order valence-electron chi connectivity index (χ1n) is 2.61. The van der Waals surface area contributed by atoms with Crippen LogP contribution in [0.4, 0.5) is 0 Å². The molecule has 0 aromatic heterocycles. The van der Waals surface area contributed by atoms with Gasteiger partial charge in [0.05, 0.1) is 12.6 Å². The highest BCUT2D eigenvalue weighted by atomic mass is 16.1. The van der Waals surface area contributed by atoms with E-state index in [1.165, 1.54) is 0 Å². The van der Waals surface area contributed by atoms with E-state index in [9.17, 15) is 9.59 Å². The minimum Gasteiger partial charge on any atom is -0.356 e. The molecule has 0 bridgehead atoms. The minimum absolute atomic E-state index is 0.138. The summed E-state index contributed by atoms with van der Waals surface area (Å²) in [5, 5.41) is 12.7. The highest BCUT2D eigenvalue weighted by Crippen LogP contribution is 1.72. The van der Waals surface area contributed by atoms with Crippen LogP contribution in [0.1, 0.15) is 0 Å². The fraction of sp³-hybridized carbons (Fsp3) is 0.400. The molecule has 1 atom stereocenters. The summed E-state index contributed by atoms with van der Waals surface area (Å²) < 4.78 is 0. The van der Waals surface area contributed by atoms with Crippen molar-refractivity contribution in [2.45, 2.75) is 6.04 Å². The summed E-state index contributed by atoms with van der Waals surface area (Å²) in [6.07, 6.45) is 0.886. The van der Waals surface area contributed by atoms with Gasteiger partial charge in [-0.2, -0.15) is 5.26 Å². The molecule has 0 aliphatic rings. The Labute approximate surface area is 58.0 Å². The summed E-state index contributed by atoms with van der Waals surface area (Å²) in [4.78, 5) is 19.5. The van der Waals surface area contributed by atoms with Crippen LogP contribution >= 0.6 is 0 Å². The van der Waals surface area contributed by atoms with Crippen LogP contribution in [0.15, 0.2) is 0 Å². The summed E-state index contributed by atoms with van der Waals surface area (Å²) in [6, 6.07) is 1.14. The van der Waals surface area contributed by atoms with Gasteiger partial charge in [-0.1, -0.05) is 0 Å². The van der Waals surface area contributed by atoms with Gasteiger partial charge in [-0.15, -0.1) is 0 Å². The predicted octanol–water partition coefficient (Wildman–Crippen LogP) is -1.63. The molecule has 2 amide bonds. The lowest BCUT2D eigenvalue weighted by Crippen LogP contribution is -2.36. The van der Waals surface area contributed by atoms with Crippen LogP contribution in [0.25, 0.3) is 0 Å². The molecule has 10 heavy (non-hydrogen) atoms. The number of hydrogen-bond donors (Lipinski definition) is 2. The van der Waals surface area contributed by atoms with E-state index in [-0.39, 0.29) is 6.54 Å². The number of nitriles is 1. The lowest BCUT2D eigenvalue weighted by Gasteiger charge is -2.04. The zero-order chi connectivity index (χ0) is 7.82. The SMILES string of the molecule is N#CC(CNC=O)NC=O. The van der Waals surface area contributed by atoms with Crippen LogP contribution in [-0.4, -0.2) is 25.4 Å². The van der Waals surface area contributed by atoms with Crippen LogP contribution in [0.2, 0.25) is 0 Å². The fourth-order valence-corrected chi connectivity index (χ4v) is 0.390. The number of amides is 2. The zero-order valence-corrected chi connectivity index (χ0v) is 5.20. The molecule has 0 spiro atoms. The van der Waals surface area contributed by atoms with Gasteiger partial charge in [0, 0.05) is 0 Å². The summed E-state index contributed by atoms with van der Waals surface area (Å²) in [6.45, 7) is 0.138. The molecular formula is C5H7N3O2. The topological polar surface area (TPSA) is 82.0 Å². The third-order valence-electron chi connectivity index (χ3n) is 0.830. The molecule has 0 rings (SSSR count). The van der Waals surface area contributed by atoms with Crippen molar-refractivity contribution in [2.24, 2.45) is 0 Å². The predicted molar refractivity (Wildman–Crippen MR) is 32.7 cm³/mol. The molecule has 0 fully saturated rings. The largest absolute Gasteiger partial charge is 0.356 e. The first-order valence-corrected chi connectivity index (χ1v) is 2.61. The van der Waals surface area contributed by atoms with Crippen molar-refractivity contribution in [1.82, 2.24) is 10.6 Å². The number of rotatable bonds is 5. The molecule has 0 heterocycles. The maximum Gasteiger partial charge on any atom is 0.208 e. The van der Waals surface area contributed by atoms with E-state index in [4.69, 9.17) is 5.26 Å². The second kappa shape index (κ2) is 5.56. The van der Waals surface area contributed by atoms with Crippen molar-refractivity contribution in [3.05, 3.63) is 0 Å². The first-order chi connectivity index (χ1) is 4.85. The van der Waals surface area contributed by atoms with E-state index in [2.05, 4.69) is 10.6 Å². The molecule has 0 saturated carbocycles. The molecule has 5 nitrogen and oxygen atoms in total. The standard InChI is InChI=1S/C5H7N3O2/c6-1-5(8-4-10)2-7-3-9/h3-5H,2H2,(H,7,9)(H,8,10). The number of carbonyl (C=O) groups is 2. The first kappa shape index (κ1) is 8.43. The molecule has 0 aliphatic carbocycles. The Morgan fingerprint density at radius 1 is 1.50 bits per heavy atom. The van der Waals surface area contributed by atoms with Gasteiger partial charge < -0.3 is 10.6 Å². The van der Waals surface area contributed by atoms with Crippen molar-refractivity contribution in [3.63, 3.8) is 0 Å². The van der Waals surface area contributed by atoms with E-state index in [0.717, 1.165) is 0 Å². The summed E-state index contributed by atoms with van der Waals surface area (Å²) in [7, 11) is 0. The second-order valence-electron chi connectivity index (χ2n) is 1.49. The lowest BCUT2D eigenvalue weighted by molar-refractivity contribution is -0.111. The van der Waals surface area contributed by atoms with E-state index < -0.39 is 6.04 Å². The summed E-state index contributed by atoms with van der Waals surface area (Å²) >= 11 is 0. The van der Waals surface area contributed by atoms with E-state index in [1.54, 1.807) is 6.07 Å². The van der Waals surface area contributed by atoms with Gasteiger partial charge in [-0.05, 0) is 0 Å². The Morgan fingerprint density at radius 2 is 2.20 bits per heavy atom. The normalized spacial score (nSPS) is 10.7. The molecule has 1 unspecified atom stereocenters. The van der Waals surface area contributed by atoms with Crippen molar-refractivity contribution < 1.29 is 9.59 Å². The molecule has 2 N–H and O–H groups in total. The number of carbonyl (C=O) groups excluding carboxylic acids is 2. The Balaban J connectivity index is 3.51. The number of nitrogens with one attached hydrogen (secondary N) is 2. The van der Waals surface area contributed by atoms with Crippen molar-refractivity contribution in [1.29, 1.82) is 5.26 Å². The van der Waals surface area contributed by atoms with Gasteiger partial charge in [0.15, 0.2) is 0 Å². The molecule has 5 heteroatoms. The Hall–Kier alpha value is -1.57. The van der Waals surface area contributed by atoms with Crippen molar-refractivity contribution in [3.8, 4) is 6.07 Å². The average molecular weight is 141 g/mol. The molecule has 54 valence electrons. The van der Waals surface area contributed by atoms with Crippen LogP contribution in [0.5, 0.6) is 0 Å². The Bertz CT molecular complexity index is 151. The van der Waals surface area contributed by atoms with E-state index in [1.807, 2.05) is 0 Å². The average Bonchev–Trinajstić information content (AvgIpc) is 1.98. The van der Waals surface area contributed by atoms with Gasteiger partial charge in [-0.25, -0.2) is 0 Å². The molecule has 0 aliphatic heterocycles. The van der Waals surface area contributed by atoms with Crippen LogP contribution in [-0.2, 0) is 9.59 Å². The molecule has 0 saturated heterocycles. The smallest absolute Gasteiger partial charge is 0.208 e. The van der Waals surface area contributed by atoms with Gasteiger partial charge >= 0.3 is 0 Å². The molecule has 0 radical (unpaired) electrons. The van der Waals surface area contributed by atoms with Gasteiger partial charge in [0.25, 0.3) is 0 Å².